The predicted molar refractivity (Wildman–Crippen MR) is 231 cm³/mol. The number of amides is 3. The molecule has 0 saturated carbocycles. The van der Waals surface area contributed by atoms with Crippen LogP contribution < -0.4 is 10.6 Å². The summed E-state index contributed by atoms with van der Waals surface area (Å²) < 4.78 is 39.6. The molecule has 2 atom stereocenters. The van der Waals surface area contributed by atoms with Gasteiger partial charge in [0.05, 0.1) is 25.2 Å². The first-order chi connectivity index (χ1) is 30.1. The molecule has 3 aliphatic heterocycles. The van der Waals surface area contributed by atoms with Crippen molar-refractivity contribution >= 4 is 31.1 Å². The molecule has 0 spiro atoms. The quantitative estimate of drug-likeness (QED) is 0.0727. The molecule has 0 unspecified atom stereocenters. The Morgan fingerprint density at radius 1 is 0.921 bits per heavy atom. The Morgan fingerprint density at radius 2 is 1.54 bits per heavy atom. The lowest BCUT2D eigenvalue weighted by molar-refractivity contribution is -0.137. The second-order valence-electron chi connectivity index (χ2n) is 16.5. The fourth-order valence-electron chi connectivity index (χ4n) is 6.99. The molecule has 3 aliphatic rings. The number of nitrogens with one attached hydrogen (secondary N) is 2. The minimum absolute atomic E-state index is 0.000283. The average molecular weight is 877 g/mol. The standard InChI is InChI=1S/C19H27BFN5O2.C13H16FN3.C11H16N2O5/c1-20(28)26-12-8-23-18(14-26)19(27)25(10-2-9-24-11-7-22-15-24)13-16-3-5-17(21)6-4-16;14-13-4-2-12(3-5-13)10-15-6-1-8-17-9-7-16-11-17;1-11(2,3)18-9(15)12-4-5-13-7(6-12)8(14)17-10(13)16/h3-7,11,15,18,23,28H,2,8-10,12-14H2,1H3;2-5,7,9,11,15H,1,6,8,10H2;7H,4-6H2,1-3H3/t18-;;7-/m1.1/s1. The Morgan fingerprint density at radius 3 is 2.13 bits per heavy atom. The van der Waals surface area contributed by atoms with Crippen LogP contribution in [0.1, 0.15) is 44.7 Å². The van der Waals surface area contributed by atoms with Gasteiger partial charge in [0.2, 0.25) is 5.91 Å². The summed E-state index contributed by atoms with van der Waals surface area (Å²) in [6, 6.07) is 11.8. The zero-order valence-corrected chi connectivity index (χ0v) is 36.4. The van der Waals surface area contributed by atoms with Gasteiger partial charge in [0.25, 0.3) is 0 Å². The molecule has 3 saturated heterocycles. The number of imidazole rings is 2. The maximum atomic E-state index is 13.2. The molecule has 0 radical (unpaired) electrons. The average Bonchev–Trinajstić information content (AvgIpc) is 4.04. The van der Waals surface area contributed by atoms with E-state index in [0.717, 1.165) is 50.1 Å². The van der Waals surface area contributed by atoms with E-state index in [0.29, 0.717) is 39.3 Å². The highest BCUT2D eigenvalue weighted by Gasteiger charge is 2.46. The third-order valence-corrected chi connectivity index (χ3v) is 10.3. The first-order valence-corrected chi connectivity index (χ1v) is 21.2. The molecule has 0 aliphatic carbocycles. The lowest BCUT2D eigenvalue weighted by Crippen LogP contribution is -2.60. The highest BCUT2D eigenvalue weighted by atomic mass is 19.1. The topological polar surface area (TPSA) is 180 Å². The number of hydrogen-bond acceptors (Lipinski definition) is 12. The molecule has 4 aromatic rings. The van der Waals surface area contributed by atoms with Crippen LogP contribution in [0.5, 0.6) is 0 Å². The van der Waals surface area contributed by atoms with Crippen LogP contribution in [-0.2, 0) is 45.2 Å². The fraction of sp³-hybridized carbons (Fsp3) is 0.488. The fourth-order valence-corrected chi connectivity index (χ4v) is 6.99. The number of cyclic esters (lactones) is 2. The van der Waals surface area contributed by atoms with Gasteiger partial charge < -0.3 is 48.9 Å². The van der Waals surface area contributed by atoms with E-state index in [1.54, 1.807) is 70.6 Å². The van der Waals surface area contributed by atoms with Crippen molar-refractivity contribution in [2.45, 2.75) is 84.3 Å². The van der Waals surface area contributed by atoms with Gasteiger partial charge >= 0.3 is 25.2 Å². The van der Waals surface area contributed by atoms with Gasteiger partial charge in [-0.05, 0) is 82.4 Å². The summed E-state index contributed by atoms with van der Waals surface area (Å²) in [5.74, 6) is -1.08. The molecule has 3 amide bonds. The van der Waals surface area contributed by atoms with E-state index in [-0.39, 0.29) is 36.7 Å². The number of carbonyl (C=O) groups excluding carboxylic acids is 4. The molecule has 3 fully saturated rings. The van der Waals surface area contributed by atoms with Crippen molar-refractivity contribution in [2.24, 2.45) is 0 Å². The summed E-state index contributed by atoms with van der Waals surface area (Å²) >= 11 is 0. The summed E-state index contributed by atoms with van der Waals surface area (Å²) in [6.07, 6.45) is 11.7. The second-order valence-corrected chi connectivity index (χ2v) is 16.5. The van der Waals surface area contributed by atoms with Crippen molar-refractivity contribution in [3.8, 4) is 0 Å². The smallest absolute Gasteiger partial charge is 0.418 e. The van der Waals surface area contributed by atoms with Crippen molar-refractivity contribution in [3.63, 3.8) is 0 Å². The molecule has 5 heterocycles. The van der Waals surface area contributed by atoms with Gasteiger partial charge in [-0.25, -0.2) is 33.1 Å². The summed E-state index contributed by atoms with van der Waals surface area (Å²) in [6.45, 7) is 14.1. The van der Waals surface area contributed by atoms with Crippen LogP contribution in [0.25, 0.3) is 0 Å². The third-order valence-electron chi connectivity index (χ3n) is 10.3. The van der Waals surface area contributed by atoms with Gasteiger partial charge in [-0.2, -0.15) is 0 Å². The largest absolute Gasteiger partial charge is 0.444 e. The molecule has 17 nitrogen and oxygen atoms in total. The molecule has 63 heavy (non-hydrogen) atoms. The summed E-state index contributed by atoms with van der Waals surface area (Å²) in [7, 11) is -0.579. The van der Waals surface area contributed by atoms with E-state index >= 15 is 0 Å². The highest BCUT2D eigenvalue weighted by Crippen LogP contribution is 2.21. The van der Waals surface area contributed by atoms with Crippen molar-refractivity contribution in [3.05, 3.63) is 109 Å². The molecule has 3 N–H and O–H groups in total. The Kier molecular flexibility index (Phi) is 18.2. The lowest BCUT2D eigenvalue weighted by atomic mass is 9.83. The van der Waals surface area contributed by atoms with Gasteiger partial charge in [-0.15, -0.1) is 0 Å². The number of aromatic nitrogens is 4. The molecule has 0 bridgehead atoms. The maximum absolute atomic E-state index is 13.2. The van der Waals surface area contributed by atoms with Crippen molar-refractivity contribution in [1.82, 2.24) is 49.2 Å². The normalized spacial score (nSPS) is 17.4. The van der Waals surface area contributed by atoms with Crippen molar-refractivity contribution < 1.29 is 42.5 Å². The molecule has 20 heteroatoms. The van der Waals surface area contributed by atoms with E-state index in [1.807, 2.05) is 33.0 Å². The number of piperazine rings is 2. The number of hydrogen-bond donors (Lipinski definition) is 3. The lowest BCUT2D eigenvalue weighted by Gasteiger charge is -2.36. The van der Waals surface area contributed by atoms with Gasteiger partial charge in [0, 0.05) is 90.2 Å². The zero-order chi connectivity index (χ0) is 45.4. The summed E-state index contributed by atoms with van der Waals surface area (Å²) in [4.78, 5) is 62.2. The summed E-state index contributed by atoms with van der Waals surface area (Å²) in [5, 5.41) is 16.4. The highest BCUT2D eigenvalue weighted by molar-refractivity contribution is 6.45. The summed E-state index contributed by atoms with van der Waals surface area (Å²) in [5.41, 5.74) is 1.41. The maximum Gasteiger partial charge on any atom is 0.418 e. The Hall–Kier alpha value is -5.70. The molecule has 340 valence electrons. The number of aryl methyl sites for hydroxylation is 2. The van der Waals surface area contributed by atoms with Gasteiger partial charge in [0.1, 0.15) is 17.2 Å². The number of fused-ring (bicyclic) bond motifs is 1. The van der Waals surface area contributed by atoms with Crippen LogP contribution in [0.4, 0.5) is 18.4 Å². The number of benzene rings is 2. The number of nitrogens with zero attached hydrogens (tertiary/aromatic N) is 8. The Bertz CT molecular complexity index is 2020. The van der Waals surface area contributed by atoms with E-state index < -0.39 is 36.8 Å². The van der Waals surface area contributed by atoms with Crippen LogP contribution in [0.3, 0.4) is 0 Å². The van der Waals surface area contributed by atoms with E-state index in [2.05, 4.69) is 29.9 Å². The van der Waals surface area contributed by atoms with E-state index in [4.69, 9.17) is 4.74 Å². The number of rotatable bonds is 14. The van der Waals surface area contributed by atoms with Crippen LogP contribution in [0.2, 0.25) is 6.82 Å². The Labute approximate surface area is 367 Å². The van der Waals surface area contributed by atoms with Crippen molar-refractivity contribution in [2.75, 3.05) is 52.4 Å². The zero-order valence-electron chi connectivity index (χ0n) is 36.4. The minimum Gasteiger partial charge on any atom is -0.444 e. The molecule has 2 aromatic heterocycles. The van der Waals surface area contributed by atoms with Crippen LogP contribution >= 0.6 is 0 Å². The van der Waals surface area contributed by atoms with Crippen LogP contribution in [-0.4, -0.2) is 145 Å². The number of ether oxygens (including phenoxy) is 2. The first kappa shape index (κ1) is 48.3. The molecule has 7 rings (SSSR count). The second kappa shape index (κ2) is 23.7. The number of carbonyl (C=O) groups is 4. The molecular formula is C43H59BF2N10O7. The Balaban J connectivity index is 0.000000187. The van der Waals surface area contributed by atoms with Crippen LogP contribution in [0.15, 0.2) is 86.0 Å². The van der Waals surface area contributed by atoms with Crippen LogP contribution in [0, 0.1) is 11.6 Å². The van der Waals surface area contributed by atoms with Gasteiger partial charge in [-0.3, -0.25) is 9.69 Å². The monoisotopic (exact) mass is 876 g/mol. The minimum atomic E-state index is -0.696. The predicted octanol–water partition coefficient (Wildman–Crippen LogP) is 3.61. The van der Waals surface area contributed by atoms with Gasteiger partial charge in [0.15, 0.2) is 6.04 Å². The third kappa shape index (κ3) is 15.9. The molecular weight excluding hydrogens is 817 g/mol. The SMILES string of the molecule is CB(O)N1CCN[C@@H](C(=O)N(CCCn2ccnc2)Cc2ccc(F)cc2)C1.CC(C)(C)OC(=O)N1CCN2C(=O)OC(=O)[C@H]2C1.Fc1ccc(CNCCCn2ccnc2)cc1. The first-order valence-electron chi connectivity index (χ1n) is 21.2. The van der Waals surface area contributed by atoms with Gasteiger partial charge in [-0.1, -0.05) is 24.3 Å². The van der Waals surface area contributed by atoms with Crippen molar-refractivity contribution in [1.29, 1.82) is 0 Å². The number of halogens is 2. The molecule has 2 aromatic carbocycles. The van der Waals surface area contributed by atoms with E-state index in [9.17, 15) is 33.0 Å². The number of esters is 1. The van der Waals surface area contributed by atoms with E-state index in [1.165, 1.54) is 34.1 Å².